The Morgan fingerprint density at radius 1 is 1.20 bits per heavy atom. The predicted octanol–water partition coefficient (Wildman–Crippen LogP) is 2.60. The van der Waals surface area contributed by atoms with Crippen LogP contribution in [0.3, 0.4) is 0 Å². The molecule has 0 bridgehead atoms. The average molecular weight is 357 g/mol. The summed E-state index contributed by atoms with van der Waals surface area (Å²) in [6, 6.07) is 5.24. The van der Waals surface area contributed by atoms with E-state index in [1.165, 1.54) is 6.07 Å². The lowest BCUT2D eigenvalue weighted by Gasteiger charge is -2.30. The molecule has 1 aromatic rings. The standard InChI is InChI=1S/C18H26F3N3O/c1-23(2)10-11-24(17(25)15-6-8-22-9-7-15)13-14-4-3-5-16(12-14)18(19,20)21/h3-5,12,15,22H,6-11,13H2,1-2H3. The molecule has 0 aliphatic carbocycles. The molecule has 1 saturated heterocycles. The van der Waals surface area contributed by atoms with Crippen LogP contribution in [-0.4, -0.2) is 56.0 Å². The highest BCUT2D eigenvalue weighted by Crippen LogP contribution is 2.30. The lowest BCUT2D eigenvalue weighted by atomic mass is 9.96. The molecule has 0 unspecified atom stereocenters. The van der Waals surface area contributed by atoms with Crippen LogP contribution in [0, 0.1) is 5.92 Å². The fraction of sp³-hybridized carbons (Fsp3) is 0.611. The molecule has 1 aliphatic rings. The first kappa shape index (κ1) is 19.7. The molecule has 0 atom stereocenters. The van der Waals surface area contributed by atoms with Gasteiger partial charge in [-0.2, -0.15) is 13.2 Å². The van der Waals surface area contributed by atoms with Gasteiger partial charge in [0.15, 0.2) is 0 Å². The van der Waals surface area contributed by atoms with Crippen molar-refractivity contribution in [2.45, 2.75) is 25.6 Å². The number of piperidine rings is 1. The summed E-state index contributed by atoms with van der Waals surface area (Å²) in [6.07, 6.45) is -2.82. The molecular formula is C18H26F3N3O. The van der Waals surface area contributed by atoms with E-state index in [2.05, 4.69) is 5.32 Å². The van der Waals surface area contributed by atoms with Gasteiger partial charge in [0, 0.05) is 25.6 Å². The number of nitrogens with one attached hydrogen (secondary N) is 1. The summed E-state index contributed by atoms with van der Waals surface area (Å²) in [7, 11) is 3.83. The van der Waals surface area contributed by atoms with E-state index in [4.69, 9.17) is 0 Å². The van der Waals surface area contributed by atoms with Gasteiger partial charge in [-0.25, -0.2) is 0 Å². The lowest BCUT2D eigenvalue weighted by molar-refractivity contribution is -0.137. The number of carbonyl (C=O) groups excluding carboxylic acids is 1. The third-order valence-electron chi connectivity index (χ3n) is 4.44. The van der Waals surface area contributed by atoms with Crippen molar-refractivity contribution in [2.24, 2.45) is 5.92 Å². The SMILES string of the molecule is CN(C)CCN(Cc1cccc(C(F)(F)F)c1)C(=O)C1CCNCC1. The van der Waals surface area contributed by atoms with Crippen molar-refractivity contribution in [1.29, 1.82) is 0 Å². The van der Waals surface area contributed by atoms with Crippen molar-refractivity contribution in [3.8, 4) is 0 Å². The highest BCUT2D eigenvalue weighted by Gasteiger charge is 2.31. The van der Waals surface area contributed by atoms with Crippen LogP contribution in [0.15, 0.2) is 24.3 Å². The molecule has 140 valence electrons. The number of hydrogen-bond acceptors (Lipinski definition) is 3. The van der Waals surface area contributed by atoms with E-state index in [0.717, 1.165) is 38.1 Å². The van der Waals surface area contributed by atoms with Gasteiger partial charge in [-0.05, 0) is 57.7 Å². The van der Waals surface area contributed by atoms with Gasteiger partial charge in [-0.3, -0.25) is 4.79 Å². The third kappa shape index (κ3) is 6.01. The first-order valence-corrected chi connectivity index (χ1v) is 8.57. The highest BCUT2D eigenvalue weighted by molar-refractivity contribution is 5.79. The summed E-state index contributed by atoms with van der Waals surface area (Å²) >= 11 is 0. The topological polar surface area (TPSA) is 35.6 Å². The number of carbonyl (C=O) groups is 1. The van der Waals surface area contributed by atoms with Gasteiger partial charge in [-0.1, -0.05) is 12.1 Å². The summed E-state index contributed by atoms with van der Waals surface area (Å²) in [5.41, 5.74) is -0.164. The van der Waals surface area contributed by atoms with E-state index < -0.39 is 11.7 Å². The van der Waals surface area contributed by atoms with Crippen molar-refractivity contribution in [3.05, 3.63) is 35.4 Å². The minimum Gasteiger partial charge on any atom is -0.337 e. The van der Waals surface area contributed by atoms with Gasteiger partial charge in [0.2, 0.25) is 5.91 Å². The Kier molecular flexibility index (Phi) is 6.84. The summed E-state index contributed by atoms with van der Waals surface area (Å²) in [4.78, 5) is 16.5. The summed E-state index contributed by atoms with van der Waals surface area (Å²) in [5.74, 6) is -0.00465. The van der Waals surface area contributed by atoms with Gasteiger partial charge in [0.05, 0.1) is 5.56 Å². The van der Waals surface area contributed by atoms with Crippen LogP contribution in [-0.2, 0) is 17.5 Å². The molecule has 0 radical (unpaired) electrons. The van der Waals surface area contributed by atoms with E-state index in [9.17, 15) is 18.0 Å². The first-order valence-electron chi connectivity index (χ1n) is 8.57. The van der Waals surface area contributed by atoms with Crippen LogP contribution >= 0.6 is 0 Å². The molecule has 25 heavy (non-hydrogen) atoms. The monoisotopic (exact) mass is 357 g/mol. The van der Waals surface area contributed by atoms with E-state index in [-0.39, 0.29) is 18.4 Å². The quantitative estimate of drug-likeness (QED) is 0.850. The zero-order valence-corrected chi connectivity index (χ0v) is 14.8. The number of amides is 1. The molecule has 0 aromatic heterocycles. The number of nitrogens with zero attached hydrogens (tertiary/aromatic N) is 2. The van der Waals surface area contributed by atoms with Crippen LogP contribution in [0.5, 0.6) is 0 Å². The number of halogens is 3. The Bertz CT molecular complexity index is 569. The van der Waals surface area contributed by atoms with E-state index >= 15 is 0 Å². The molecule has 1 aromatic carbocycles. The molecule has 1 aliphatic heterocycles. The Morgan fingerprint density at radius 2 is 1.88 bits per heavy atom. The molecule has 7 heteroatoms. The third-order valence-corrected chi connectivity index (χ3v) is 4.44. The predicted molar refractivity (Wildman–Crippen MR) is 91.0 cm³/mol. The number of benzene rings is 1. The van der Waals surface area contributed by atoms with E-state index in [1.54, 1.807) is 11.0 Å². The maximum Gasteiger partial charge on any atom is 0.416 e. The van der Waals surface area contributed by atoms with Gasteiger partial charge in [0.25, 0.3) is 0 Å². The van der Waals surface area contributed by atoms with Gasteiger partial charge in [-0.15, -0.1) is 0 Å². The van der Waals surface area contributed by atoms with Gasteiger partial charge < -0.3 is 15.1 Å². The summed E-state index contributed by atoms with van der Waals surface area (Å²) in [6.45, 7) is 3.01. The lowest BCUT2D eigenvalue weighted by Crippen LogP contribution is -2.43. The van der Waals surface area contributed by atoms with Crippen LogP contribution in [0.2, 0.25) is 0 Å². The Morgan fingerprint density at radius 3 is 2.48 bits per heavy atom. The first-order chi connectivity index (χ1) is 11.8. The van der Waals surface area contributed by atoms with Crippen LogP contribution in [0.25, 0.3) is 0 Å². The second-order valence-corrected chi connectivity index (χ2v) is 6.79. The minimum atomic E-state index is -4.37. The second-order valence-electron chi connectivity index (χ2n) is 6.79. The van der Waals surface area contributed by atoms with Crippen LogP contribution in [0.4, 0.5) is 13.2 Å². The summed E-state index contributed by atoms with van der Waals surface area (Å²) < 4.78 is 38.7. The van der Waals surface area contributed by atoms with Crippen molar-refractivity contribution in [2.75, 3.05) is 40.3 Å². The number of hydrogen-bond donors (Lipinski definition) is 1. The zero-order valence-electron chi connectivity index (χ0n) is 14.8. The Balaban J connectivity index is 2.13. The molecule has 1 fully saturated rings. The van der Waals surface area contributed by atoms with Gasteiger partial charge >= 0.3 is 6.18 Å². The van der Waals surface area contributed by atoms with Crippen LogP contribution in [0.1, 0.15) is 24.0 Å². The normalized spacial score (nSPS) is 16.2. The molecular weight excluding hydrogens is 331 g/mol. The number of alkyl halides is 3. The fourth-order valence-corrected chi connectivity index (χ4v) is 2.98. The van der Waals surface area contributed by atoms with Gasteiger partial charge in [0.1, 0.15) is 0 Å². The second kappa shape index (κ2) is 8.67. The van der Waals surface area contributed by atoms with E-state index in [0.29, 0.717) is 18.7 Å². The largest absolute Gasteiger partial charge is 0.416 e. The molecule has 1 amide bonds. The number of likely N-dealkylation sites (N-methyl/N-ethyl adjacent to an activating group) is 1. The van der Waals surface area contributed by atoms with E-state index in [1.807, 2.05) is 19.0 Å². The minimum absolute atomic E-state index is 0.0424. The molecule has 4 nitrogen and oxygen atoms in total. The maximum atomic E-state index is 12.9. The Labute approximate surface area is 147 Å². The molecule has 0 saturated carbocycles. The molecule has 2 rings (SSSR count). The zero-order chi connectivity index (χ0) is 18.4. The van der Waals surface area contributed by atoms with Crippen LogP contribution < -0.4 is 5.32 Å². The fourth-order valence-electron chi connectivity index (χ4n) is 2.98. The highest BCUT2D eigenvalue weighted by atomic mass is 19.4. The molecule has 1 N–H and O–H groups in total. The molecule has 0 spiro atoms. The van der Waals surface area contributed by atoms with Crippen molar-refractivity contribution in [3.63, 3.8) is 0 Å². The van der Waals surface area contributed by atoms with Crippen molar-refractivity contribution < 1.29 is 18.0 Å². The Hall–Kier alpha value is -1.60. The number of rotatable bonds is 6. The average Bonchev–Trinajstić information content (AvgIpc) is 2.58. The smallest absolute Gasteiger partial charge is 0.337 e. The maximum absolute atomic E-state index is 12.9. The van der Waals surface area contributed by atoms with Crippen molar-refractivity contribution in [1.82, 2.24) is 15.1 Å². The molecule has 1 heterocycles. The van der Waals surface area contributed by atoms with Crippen molar-refractivity contribution >= 4 is 5.91 Å². The summed E-state index contributed by atoms with van der Waals surface area (Å²) in [5, 5.41) is 3.23.